The van der Waals surface area contributed by atoms with Crippen molar-refractivity contribution in [2.45, 2.75) is 18.4 Å². The smallest absolute Gasteiger partial charge is 0.413 e. The molecule has 10 heteroatoms. The maximum atomic E-state index is 12.4. The summed E-state index contributed by atoms with van der Waals surface area (Å²) in [5.74, 6) is -2.19. The molecule has 1 atom stereocenters. The van der Waals surface area contributed by atoms with Crippen LogP contribution < -0.4 is 10.6 Å². The number of nitrogens with zero attached hydrogens (tertiary/aromatic N) is 1. The highest BCUT2D eigenvalue weighted by Crippen LogP contribution is 2.44. The number of carboxylic acid groups (broad SMARTS) is 1. The zero-order chi connectivity index (χ0) is 23.6. The Balaban J connectivity index is 1.38. The predicted molar refractivity (Wildman–Crippen MR) is 121 cm³/mol. The van der Waals surface area contributed by atoms with Crippen LogP contribution in [0.2, 0.25) is 0 Å². The molecule has 0 bridgehead atoms. The fourth-order valence-corrected chi connectivity index (χ4v) is 4.33. The Morgan fingerprint density at radius 1 is 1.09 bits per heavy atom. The van der Waals surface area contributed by atoms with Gasteiger partial charge in [-0.05, 0) is 29.2 Å². The van der Waals surface area contributed by atoms with Gasteiger partial charge in [0.05, 0.1) is 12.8 Å². The Morgan fingerprint density at radius 3 is 2.27 bits per heavy atom. The largest absolute Gasteiger partial charge is 0.479 e. The first kappa shape index (κ1) is 22.4. The van der Waals surface area contributed by atoms with Gasteiger partial charge in [0.15, 0.2) is 10.7 Å². The number of amides is 2. The van der Waals surface area contributed by atoms with Crippen molar-refractivity contribution in [2.24, 2.45) is 0 Å². The quantitative estimate of drug-likeness (QED) is 0.419. The van der Waals surface area contributed by atoms with Crippen molar-refractivity contribution in [1.29, 1.82) is 0 Å². The molecule has 1 heterocycles. The van der Waals surface area contributed by atoms with Gasteiger partial charge < -0.3 is 20.3 Å². The Hall–Kier alpha value is -3.76. The minimum atomic E-state index is -1.83. The van der Waals surface area contributed by atoms with Crippen molar-refractivity contribution in [3.63, 3.8) is 0 Å². The SMILES string of the molecule is CC(CO)(NC(=O)c1cnc(NC(=O)OCC2c3ccccc3-c3ccccc32)s1)C(=O)O. The second-order valence-corrected chi connectivity index (χ2v) is 8.76. The van der Waals surface area contributed by atoms with Crippen LogP contribution in [0.1, 0.15) is 33.6 Å². The molecule has 0 aliphatic heterocycles. The molecule has 9 nitrogen and oxygen atoms in total. The number of carboxylic acids is 1. The minimum absolute atomic E-state index is 0.0740. The lowest BCUT2D eigenvalue weighted by Gasteiger charge is -2.22. The van der Waals surface area contributed by atoms with E-state index in [2.05, 4.69) is 15.6 Å². The topological polar surface area (TPSA) is 138 Å². The maximum absolute atomic E-state index is 12.4. The van der Waals surface area contributed by atoms with Crippen molar-refractivity contribution in [2.75, 3.05) is 18.5 Å². The van der Waals surface area contributed by atoms with Gasteiger partial charge in [-0.1, -0.05) is 59.9 Å². The van der Waals surface area contributed by atoms with E-state index in [1.165, 1.54) is 13.1 Å². The number of nitrogens with one attached hydrogen (secondary N) is 2. The van der Waals surface area contributed by atoms with E-state index in [-0.39, 0.29) is 22.5 Å². The number of hydrogen-bond donors (Lipinski definition) is 4. The highest BCUT2D eigenvalue weighted by atomic mass is 32.1. The molecule has 2 amide bonds. The molecule has 0 radical (unpaired) electrons. The van der Waals surface area contributed by atoms with Crippen LogP contribution in [-0.4, -0.2) is 51.9 Å². The summed E-state index contributed by atoms with van der Waals surface area (Å²) in [6.45, 7) is 0.536. The van der Waals surface area contributed by atoms with Crippen LogP contribution in [0.25, 0.3) is 11.1 Å². The molecule has 33 heavy (non-hydrogen) atoms. The lowest BCUT2D eigenvalue weighted by Crippen LogP contribution is -2.54. The minimum Gasteiger partial charge on any atom is -0.479 e. The summed E-state index contributed by atoms with van der Waals surface area (Å²) in [5, 5.41) is 23.3. The summed E-state index contributed by atoms with van der Waals surface area (Å²) >= 11 is 0.858. The van der Waals surface area contributed by atoms with Crippen LogP contribution in [-0.2, 0) is 9.53 Å². The summed E-state index contributed by atoms with van der Waals surface area (Å²) in [6, 6.07) is 16.0. The molecule has 170 valence electrons. The summed E-state index contributed by atoms with van der Waals surface area (Å²) in [5.41, 5.74) is 2.58. The molecule has 0 spiro atoms. The molecular formula is C23H21N3O6S. The third kappa shape index (κ3) is 4.43. The number of thiazole rings is 1. The van der Waals surface area contributed by atoms with Crippen molar-refractivity contribution < 1.29 is 29.3 Å². The summed E-state index contributed by atoms with van der Waals surface area (Å²) in [7, 11) is 0. The van der Waals surface area contributed by atoms with Crippen molar-refractivity contribution in [1.82, 2.24) is 10.3 Å². The van der Waals surface area contributed by atoms with Gasteiger partial charge in [-0.15, -0.1) is 0 Å². The molecule has 4 rings (SSSR count). The molecule has 2 aromatic carbocycles. The van der Waals surface area contributed by atoms with Crippen molar-refractivity contribution in [3.05, 3.63) is 70.7 Å². The number of aliphatic hydroxyl groups excluding tert-OH is 1. The molecule has 1 aliphatic carbocycles. The van der Waals surface area contributed by atoms with Crippen molar-refractivity contribution in [3.8, 4) is 11.1 Å². The number of ether oxygens (including phenoxy) is 1. The zero-order valence-electron chi connectivity index (χ0n) is 17.6. The Bertz CT molecular complexity index is 1180. The van der Waals surface area contributed by atoms with Gasteiger partial charge >= 0.3 is 12.1 Å². The molecule has 0 saturated carbocycles. The second kappa shape index (κ2) is 9.00. The molecule has 0 fully saturated rings. The average Bonchev–Trinajstić information content (AvgIpc) is 3.40. The van der Waals surface area contributed by atoms with Crippen LogP contribution >= 0.6 is 11.3 Å². The third-order valence-corrected chi connectivity index (χ3v) is 6.37. The normalized spacial score (nSPS) is 14.0. The van der Waals surface area contributed by atoms with Gasteiger partial charge in [0, 0.05) is 5.92 Å². The van der Waals surface area contributed by atoms with Gasteiger partial charge in [-0.25, -0.2) is 14.6 Å². The first-order valence-corrected chi connectivity index (χ1v) is 10.9. The number of aliphatic hydroxyl groups is 1. The molecule has 4 N–H and O–H groups in total. The lowest BCUT2D eigenvalue weighted by atomic mass is 9.98. The Labute approximate surface area is 193 Å². The number of aliphatic carboxylic acids is 1. The van der Waals surface area contributed by atoms with Gasteiger partial charge in [0.25, 0.3) is 5.91 Å². The molecule has 1 aliphatic rings. The number of fused-ring (bicyclic) bond motifs is 3. The van der Waals surface area contributed by atoms with E-state index in [0.717, 1.165) is 33.6 Å². The highest BCUT2D eigenvalue weighted by molar-refractivity contribution is 7.17. The van der Waals surface area contributed by atoms with Gasteiger partial charge in [-0.2, -0.15) is 0 Å². The van der Waals surface area contributed by atoms with Gasteiger partial charge in [-0.3, -0.25) is 10.1 Å². The Morgan fingerprint density at radius 2 is 1.70 bits per heavy atom. The second-order valence-electron chi connectivity index (χ2n) is 7.73. The summed E-state index contributed by atoms with van der Waals surface area (Å²) in [6.07, 6.45) is 0.488. The summed E-state index contributed by atoms with van der Waals surface area (Å²) in [4.78, 5) is 39.9. The van der Waals surface area contributed by atoms with E-state index in [1.54, 1.807) is 0 Å². The fourth-order valence-electron chi connectivity index (χ4n) is 3.63. The van der Waals surface area contributed by atoms with E-state index in [1.807, 2.05) is 48.5 Å². The van der Waals surface area contributed by atoms with Gasteiger partial charge in [0.1, 0.15) is 11.5 Å². The number of carbonyl (C=O) groups is 3. The van der Waals surface area contributed by atoms with E-state index in [4.69, 9.17) is 9.84 Å². The van der Waals surface area contributed by atoms with E-state index < -0.39 is 30.1 Å². The van der Waals surface area contributed by atoms with Crippen LogP contribution in [0, 0.1) is 0 Å². The van der Waals surface area contributed by atoms with Crippen LogP contribution in [0.5, 0.6) is 0 Å². The maximum Gasteiger partial charge on any atom is 0.413 e. The van der Waals surface area contributed by atoms with E-state index in [0.29, 0.717) is 0 Å². The third-order valence-electron chi connectivity index (χ3n) is 5.46. The number of aromatic nitrogens is 1. The fraction of sp³-hybridized carbons (Fsp3) is 0.217. The van der Waals surface area contributed by atoms with E-state index >= 15 is 0 Å². The predicted octanol–water partition coefficient (Wildman–Crippen LogP) is 3.07. The van der Waals surface area contributed by atoms with Crippen molar-refractivity contribution >= 4 is 34.4 Å². The number of anilines is 1. The molecule has 3 aromatic rings. The highest BCUT2D eigenvalue weighted by Gasteiger charge is 2.35. The Kier molecular flexibility index (Phi) is 6.12. The number of rotatable bonds is 7. The number of hydrogen-bond acceptors (Lipinski definition) is 7. The zero-order valence-corrected chi connectivity index (χ0v) is 18.4. The van der Waals surface area contributed by atoms with Crippen LogP contribution in [0.3, 0.4) is 0 Å². The van der Waals surface area contributed by atoms with Crippen LogP contribution in [0.4, 0.5) is 9.93 Å². The first-order valence-electron chi connectivity index (χ1n) is 10.1. The molecular weight excluding hydrogens is 446 g/mol. The first-order chi connectivity index (χ1) is 15.8. The lowest BCUT2D eigenvalue weighted by molar-refractivity contribution is -0.145. The van der Waals surface area contributed by atoms with E-state index in [9.17, 15) is 19.5 Å². The average molecular weight is 468 g/mol. The number of carbonyl (C=O) groups excluding carboxylic acids is 2. The monoisotopic (exact) mass is 467 g/mol. The summed E-state index contributed by atoms with van der Waals surface area (Å²) < 4.78 is 5.45. The standard InChI is InChI=1S/C23H21N3O6S/c1-23(12-27,20(29)30)26-19(28)18-10-24-21(33-18)25-22(31)32-11-17-15-8-4-2-6-13(15)14-7-3-5-9-16(14)17/h2-10,17,27H,11-12H2,1H3,(H,26,28)(H,29,30)(H,24,25,31). The van der Waals surface area contributed by atoms with Gasteiger partial charge in [0.2, 0.25) is 0 Å². The molecule has 1 unspecified atom stereocenters. The van der Waals surface area contributed by atoms with Crippen LogP contribution in [0.15, 0.2) is 54.7 Å². The number of benzene rings is 2. The molecule has 1 aromatic heterocycles. The molecule has 0 saturated heterocycles.